The van der Waals surface area contributed by atoms with Crippen molar-refractivity contribution in [1.82, 2.24) is 10.2 Å². The molecule has 2 atom stereocenters. The Labute approximate surface area is 113 Å². The van der Waals surface area contributed by atoms with E-state index >= 15 is 0 Å². The number of rotatable bonds is 6. The lowest BCUT2D eigenvalue weighted by Gasteiger charge is -2.33. The molecule has 0 aromatic carbocycles. The molecule has 0 spiro atoms. The molecule has 0 aliphatic carbocycles. The molecule has 1 rings (SSSR count). The molecule has 3 nitrogen and oxygen atoms in total. The lowest BCUT2D eigenvalue weighted by molar-refractivity contribution is -0.120. The third-order valence-electron chi connectivity index (χ3n) is 3.50. The fourth-order valence-corrected chi connectivity index (χ4v) is 2.44. The molecule has 1 fully saturated rings. The molecule has 0 radical (unpaired) electrons. The van der Waals surface area contributed by atoms with Crippen molar-refractivity contribution in [3.8, 4) is 0 Å². The molecule has 1 amide bonds. The molecule has 0 bridgehead atoms. The normalized spacial score (nSPS) is 23.4. The fraction of sp³-hybridized carbons (Fsp3) is 0.923. The van der Waals surface area contributed by atoms with Crippen molar-refractivity contribution in [2.24, 2.45) is 0 Å². The van der Waals surface area contributed by atoms with Gasteiger partial charge in [0.15, 0.2) is 0 Å². The van der Waals surface area contributed by atoms with Crippen LogP contribution in [0.15, 0.2) is 0 Å². The predicted octanol–water partition coefficient (Wildman–Crippen LogP) is 2.54. The molecule has 0 aromatic rings. The van der Waals surface area contributed by atoms with Gasteiger partial charge in [-0.05, 0) is 39.2 Å². The van der Waals surface area contributed by atoms with Gasteiger partial charge >= 0.3 is 0 Å². The van der Waals surface area contributed by atoms with Gasteiger partial charge in [-0.1, -0.05) is 29.3 Å². The molecule has 17 heavy (non-hydrogen) atoms. The van der Waals surface area contributed by atoms with E-state index in [0.717, 1.165) is 32.0 Å². The van der Waals surface area contributed by atoms with Crippen LogP contribution in [0.5, 0.6) is 0 Å². The zero-order valence-electron chi connectivity index (χ0n) is 11.0. The minimum Gasteiger partial charge on any atom is -0.355 e. The summed E-state index contributed by atoms with van der Waals surface area (Å²) in [4.78, 5) is 14.0. The average molecular weight is 305 g/mol. The van der Waals surface area contributed by atoms with Crippen LogP contribution in [0, 0.1) is 0 Å². The Kier molecular flexibility index (Phi) is 7.12. The van der Waals surface area contributed by atoms with Gasteiger partial charge in [0, 0.05) is 19.1 Å². The summed E-state index contributed by atoms with van der Waals surface area (Å²) >= 11 is 3.36. The zero-order chi connectivity index (χ0) is 12.7. The third-order valence-corrected chi connectivity index (χ3v) is 4.57. The van der Waals surface area contributed by atoms with Crippen LogP contribution in [-0.2, 0) is 4.79 Å². The number of nitrogens with zero attached hydrogens (tertiary/aromatic N) is 1. The largest absolute Gasteiger partial charge is 0.355 e. The van der Waals surface area contributed by atoms with Crippen LogP contribution < -0.4 is 5.32 Å². The number of amides is 1. The van der Waals surface area contributed by atoms with Gasteiger partial charge in [-0.2, -0.15) is 0 Å². The van der Waals surface area contributed by atoms with Crippen molar-refractivity contribution >= 4 is 21.8 Å². The van der Waals surface area contributed by atoms with E-state index in [2.05, 4.69) is 33.1 Å². The van der Waals surface area contributed by atoms with Crippen molar-refractivity contribution in [3.63, 3.8) is 0 Å². The summed E-state index contributed by atoms with van der Waals surface area (Å²) in [5.74, 6) is 0.124. The van der Waals surface area contributed by atoms with E-state index < -0.39 is 0 Å². The highest BCUT2D eigenvalue weighted by Crippen LogP contribution is 2.16. The quantitative estimate of drug-likeness (QED) is 0.604. The van der Waals surface area contributed by atoms with Gasteiger partial charge in [0.1, 0.15) is 0 Å². The number of hydrogen-bond donors (Lipinski definition) is 1. The van der Waals surface area contributed by atoms with Crippen molar-refractivity contribution in [2.75, 3.05) is 19.6 Å². The Morgan fingerprint density at radius 3 is 2.94 bits per heavy atom. The Balaban J connectivity index is 2.09. The van der Waals surface area contributed by atoms with Crippen molar-refractivity contribution < 1.29 is 4.79 Å². The summed E-state index contributed by atoms with van der Waals surface area (Å²) in [6.07, 6.45) is 5.92. The lowest BCUT2D eigenvalue weighted by Crippen LogP contribution is -2.39. The summed E-state index contributed by atoms with van der Waals surface area (Å²) in [5.41, 5.74) is 0. The summed E-state index contributed by atoms with van der Waals surface area (Å²) in [7, 11) is 0. The molecular formula is C13H25BrN2O. The van der Waals surface area contributed by atoms with Crippen LogP contribution in [-0.4, -0.2) is 41.3 Å². The van der Waals surface area contributed by atoms with E-state index in [1.807, 2.05) is 6.92 Å². The Bertz CT molecular complexity index is 235. The van der Waals surface area contributed by atoms with E-state index in [-0.39, 0.29) is 10.7 Å². The molecule has 1 aliphatic rings. The topological polar surface area (TPSA) is 32.3 Å². The summed E-state index contributed by atoms with van der Waals surface area (Å²) < 4.78 is 0. The van der Waals surface area contributed by atoms with Crippen LogP contribution in [0.4, 0.5) is 0 Å². The van der Waals surface area contributed by atoms with Crippen LogP contribution in [0.25, 0.3) is 0 Å². The maximum atomic E-state index is 11.5. The molecule has 1 saturated heterocycles. The first kappa shape index (κ1) is 15.0. The molecule has 0 saturated carbocycles. The van der Waals surface area contributed by atoms with E-state index in [1.165, 1.54) is 25.8 Å². The molecule has 1 N–H and O–H groups in total. The molecule has 1 aliphatic heterocycles. The van der Waals surface area contributed by atoms with E-state index in [4.69, 9.17) is 0 Å². The van der Waals surface area contributed by atoms with Gasteiger partial charge in [0.25, 0.3) is 0 Å². The van der Waals surface area contributed by atoms with Crippen LogP contribution in [0.1, 0.15) is 46.0 Å². The van der Waals surface area contributed by atoms with Crippen molar-refractivity contribution in [3.05, 3.63) is 0 Å². The number of carbonyl (C=O) groups is 1. The molecule has 4 heteroatoms. The molecule has 1 heterocycles. The molecule has 100 valence electrons. The smallest absolute Gasteiger partial charge is 0.233 e. The number of carbonyl (C=O) groups excluding carboxylic acids is 1. The van der Waals surface area contributed by atoms with Gasteiger partial charge in [-0.3, -0.25) is 4.79 Å². The number of piperidine rings is 1. The second-order valence-electron chi connectivity index (χ2n) is 4.90. The highest BCUT2D eigenvalue weighted by Gasteiger charge is 2.17. The summed E-state index contributed by atoms with van der Waals surface area (Å²) in [6.45, 7) is 7.45. The van der Waals surface area contributed by atoms with Gasteiger partial charge in [0.05, 0.1) is 4.83 Å². The van der Waals surface area contributed by atoms with Gasteiger partial charge in [-0.25, -0.2) is 0 Å². The second kappa shape index (κ2) is 8.09. The predicted molar refractivity (Wildman–Crippen MR) is 75.5 cm³/mol. The van der Waals surface area contributed by atoms with Gasteiger partial charge < -0.3 is 10.2 Å². The number of alkyl halides is 1. The van der Waals surface area contributed by atoms with Crippen LogP contribution >= 0.6 is 15.9 Å². The van der Waals surface area contributed by atoms with Crippen LogP contribution in [0.3, 0.4) is 0 Å². The van der Waals surface area contributed by atoms with E-state index in [0.29, 0.717) is 0 Å². The SMILES string of the molecule is CCC(Br)C(=O)NCCCN1CCCCC1C. The molecule has 0 aromatic heterocycles. The fourth-order valence-electron chi connectivity index (χ4n) is 2.28. The monoisotopic (exact) mass is 304 g/mol. The summed E-state index contributed by atoms with van der Waals surface area (Å²) in [6, 6.07) is 0.721. The average Bonchev–Trinajstić information content (AvgIpc) is 2.35. The third kappa shape index (κ3) is 5.38. The Hall–Kier alpha value is -0.0900. The van der Waals surface area contributed by atoms with Crippen molar-refractivity contribution in [1.29, 1.82) is 0 Å². The maximum Gasteiger partial charge on any atom is 0.233 e. The van der Waals surface area contributed by atoms with Crippen molar-refractivity contribution in [2.45, 2.75) is 56.8 Å². The molecule has 2 unspecified atom stereocenters. The highest BCUT2D eigenvalue weighted by atomic mass is 79.9. The number of nitrogens with one attached hydrogen (secondary N) is 1. The molecular weight excluding hydrogens is 280 g/mol. The maximum absolute atomic E-state index is 11.5. The first-order valence-electron chi connectivity index (χ1n) is 6.81. The Morgan fingerprint density at radius 2 is 2.29 bits per heavy atom. The highest BCUT2D eigenvalue weighted by molar-refractivity contribution is 9.10. The van der Waals surface area contributed by atoms with E-state index in [9.17, 15) is 4.79 Å². The Morgan fingerprint density at radius 1 is 1.53 bits per heavy atom. The summed E-state index contributed by atoms with van der Waals surface area (Å²) in [5, 5.41) is 2.98. The lowest BCUT2D eigenvalue weighted by atomic mass is 10.0. The number of hydrogen-bond acceptors (Lipinski definition) is 2. The first-order valence-corrected chi connectivity index (χ1v) is 7.72. The van der Waals surface area contributed by atoms with Gasteiger partial charge in [-0.15, -0.1) is 0 Å². The first-order chi connectivity index (χ1) is 8.15. The standard InChI is InChI=1S/C13H25BrN2O/c1-3-12(14)13(17)15-8-6-10-16-9-5-4-7-11(16)2/h11-12H,3-10H2,1-2H3,(H,15,17). The minimum absolute atomic E-state index is 0.0311. The van der Waals surface area contributed by atoms with Gasteiger partial charge in [0.2, 0.25) is 5.91 Å². The minimum atomic E-state index is -0.0311. The number of likely N-dealkylation sites (tertiary alicyclic amines) is 1. The zero-order valence-corrected chi connectivity index (χ0v) is 12.6. The van der Waals surface area contributed by atoms with E-state index in [1.54, 1.807) is 0 Å². The van der Waals surface area contributed by atoms with Crippen LogP contribution in [0.2, 0.25) is 0 Å². The second-order valence-corrected chi connectivity index (χ2v) is 6.01. The number of halogens is 1.